The van der Waals surface area contributed by atoms with Gasteiger partial charge in [0.1, 0.15) is 0 Å². The van der Waals surface area contributed by atoms with Gasteiger partial charge in [-0.05, 0) is 13.3 Å². The summed E-state index contributed by atoms with van der Waals surface area (Å²) in [5.74, 6) is 0. The molecule has 0 aromatic rings. The first kappa shape index (κ1) is 8.23. The lowest BCUT2D eigenvalue weighted by Crippen LogP contribution is -2.18. The van der Waals surface area contributed by atoms with Gasteiger partial charge in [0, 0.05) is 6.04 Å². The molecule has 0 heterocycles. The van der Waals surface area contributed by atoms with Gasteiger partial charge in [-0.15, -0.1) is 0 Å². The van der Waals surface area contributed by atoms with E-state index in [4.69, 9.17) is 10.8 Å². The van der Waals surface area contributed by atoms with E-state index < -0.39 is 6.16 Å². The zero-order valence-corrected chi connectivity index (χ0v) is 5.33. The molecule has 1 unspecified atom stereocenters. The summed E-state index contributed by atoms with van der Waals surface area (Å²) in [6.07, 6.45) is -0.664. The third kappa shape index (κ3) is 7.23. The molecule has 0 saturated heterocycles. The van der Waals surface area contributed by atoms with Gasteiger partial charge in [0.2, 0.25) is 0 Å². The van der Waals surface area contributed by atoms with Gasteiger partial charge in [-0.1, -0.05) is 0 Å². The van der Waals surface area contributed by atoms with Crippen LogP contribution in [0.1, 0.15) is 13.3 Å². The van der Waals surface area contributed by atoms with Crippen LogP contribution in [0.3, 0.4) is 0 Å². The van der Waals surface area contributed by atoms with Crippen LogP contribution in [0.5, 0.6) is 0 Å². The van der Waals surface area contributed by atoms with Crippen molar-refractivity contribution in [3.05, 3.63) is 0 Å². The lowest BCUT2D eigenvalue weighted by molar-refractivity contribution is 0.0894. The minimum atomic E-state index is -1.24. The van der Waals surface area contributed by atoms with Gasteiger partial charge < -0.3 is 15.6 Å². The average Bonchev–Trinajstić information content (AvgIpc) is 1.63. The Labute approximate surface area is 53.6 Å². The van der Waals surface area contributed by atoms with E-state index in [0.717, 1.165) is 0 Å². The van der Waals surface area contributed by atoms with Crippen LogP contribution in [-0.4, -0.2) is 23.9 Å². The lowest BCUT2D eigenvalue weighted by Gasteiger charge is -2.02. The highest BCUT2D eigenvalue weighted by molar-refractivity contribution is 5.56. The van der Waals surface area contributed by atoms with Crippen molar-refractivity contribution < 1.29 is 14.6 Å². The Hall–Kier alpha value is -0.770. The maximum Gasteiger partial charge on any atom is 0.505 e. The number of nitrogens with two attached hydrogens (primary N) is 1. The third-order valence-corrected chi connectivity index (χ3v) is 0.799. The van der Waals surface area contributed by atoms with Crippen LogP contribution in [-0.2, 0) is 4.74 Å². The number of hydrogen-bond acceptors (Lipinski definition) is 3. The van der Waals surface area contributed by atoms with Gasteiger partial charge in [0.15, 0.2) is 0 Å². The molecule has 0 aliphatic rings. The lowest BCUT2D eigenvalue weighted by atomic mass is 10.3. The van der Waals surface area contributed by atoms with Crippen LogP contribution < -0.4 is 5.73 Å². The minimum Gasteiger partial charge on any atom is -0.450 e. The molecule has 0 aliphatic carbocycles. The summed E-state index contributed by atoms with van der Waals surface area (Å²) in [6, 6.07) is 0.00403. The van der Waals surface area contributed by atoms with E-state index in [0.29, 0.717) is 6.42 Å². The molecule has 4 nitrogen and oxygen atoms in total. The summed E-state index contributed by atoms with van der Waals surface area (Å²) in [6.45, 7) is 1.98. The monoisotopic (exact) mass is 133 g/mol. The first-order chi connectivity index (χ1) is 4.13. The van der Waals surface area contributed by atoms with Crippen LogP contribution in [0, 0.1) is 0 Å². The van der Waals surface area contributed by atoms with Gasteiger partial charge in [-0.2, -0.15) is 0 Å². The Morgan fingerprint density at radius 3 is 2.78 bits per heavy atom. The van der Waals surface area contributed by atoms with Gasteiger partial charge in [-0.3, -0.25) is 0 Å². The fourth-order valence-electron chi connectivity index (χ4n) is 0.332. The quantitative estimate of drug-likeness (QED) is 0.547. The van der Waals surface area contributed by atoms with Crippen molar-refractivity contribution in [2.75, 3.05) is 6.61 Å². The molecule has 0 rings (SSSR count). The van der Waals surface area contributed by atoms with Crippen LogP contribution in [0.4, 0.5) is 4.79 Å². The SMILES string of the molecule is CC(N)CCOC(=O)O. The van der Waals surface area contributed by atoms with Crippen molar-refractivity contribution in [1.82, 2.24) is 0 Å². The second-order valence-corrected chi connectivity index (χ2v) is 1.88. The molecule has 0 aromatic carbocycles. The van der Waals surface area contributed by atoms with E-state index in [1.165, 1.54) is 0 Å². The molecule has 3 N–H and O–H groups in total. The molecule has 4 heteroatoms. The summed E-state index contributed by atoms with van der Waals surface area (Å²) in [7, 11) is 0. The molecule has 0 radical (unpaired) electrons. The first-order valence-corrected chi connectivity index (χ1v) is 2.74. The van der Waals surface area contributed by atoms with Crippen LogP contribution in [0.15, 0.2) is 0 Å². The Morgan fingerprint density at radius 2 is 2.44 bits per heavy atom. The molecule has 0 fully saturated rings. The Balaban J connectivity index is 3.01. The van der Waals surface area contributed by atoms with Crippen LogP contribution >= 0.6 is 0 Å². The Bertz CT molecular complexity index is 92.2. The van der Waals surface area contributed by atoms with Gasteiger partial charge in [-0.25, -0.2) is 4.79 Å². The van der Waals surface area contributed by atoms with Crippen molar-refractivity contribution in [3.63, 3.8) is 0 Å². The highest BCUT2D eigenvalue weighted by Gasteiger charge is 1.97. The fourth-order valence-corrected chi connectivity index (χ4v) is 0.332. The van der Waals surface area contributed by atoms with Crippen LogP contribution in [0.25, 0.3) is 0 Å². The molecular weight excluding hydrogens is 122 g/mol. The summed E-state index contributed by atoms with van der Waals surface area (Å²) >= 11 is 0. The zero-order chi connectivity index (χ0) is 7.28. The van der Waals surface area contributed by atoms with Gasteiger partial charge in [0.05, 0.1) is 6.61 Å². The summed E-state index contributed by atoms with van der Waals surface area (Å²) in [5, 5.41) is 7.96. The van der Waals surface area contributed by atoms with Crippen molar-refractivity contribution in [3.8, 4) is 0 Å². The van der Waals surface area contributed by atoms with Gasteiger partial charge >= 0.3 is 6.16 Å². The molecule has 54 valence electrons. The van der Waals surface area contributed by atoms with Crippen molar-refractivity contribution in [2.45, 2.75) is 19.4 Å². The van der Waals surface area contributed by atoms with E-state index >= 15 is 0 Å². The molecule has 1 atom stereocenters. The second kappa shape index (κ2) is 4.14. The molecule has 0 saturated carbocycles. The second-order valence-electron chi connectivity index (χ2n) is 1.88. The molecule has 0 amide bonds. The first-order valence-electron chi connectivity index (χ1n) is 2.74. The number of carboxylic acid groups (broad SMARTS) is 1. The third-order valence-electron chi connectivity index (χ3n) is 0.799. The predicted molar refractivity (Wildman–Crippen MR) is 32.2 cm³/mol. The van der Waals surface area contributed by atoms with Crippen molar-refractivity contribution in [2.24, 2.45) is 5.73 Å². The average molecular weight is 133 g/mol. The number of rotatable bonds is 3. The molecule has 0 aliphatic heterocycles. The number of hydrogen-bond donors (Lipinski definition) is 2. The zero-order valence-electron chi connectivity index (χ0n) is 5.33. The minimum absolute atomic E-state index is 0.00403. The molecular formula is C5H11NO3. The van der Waals surface area contributed by atoms with E-state index in [1.54, 1.807) is 6.92 Å². The Morgan fingerprint density at radius 1 is 1.89 bits per heavy atom. The van der Waals surface area contributed by atoms with Crippen LogP contribution in [0.2, 0.25) is 0 Å². The number of ether oxygens (including phenoxy) is 1. The summed E-state index contributed by atoms with van der Waals surface area (Å²) in [5.41, 5.74) is 5.31. The normalized spacial score (nSPS) is 12.7. The molecule has 9 heavy (non-hydrogen) atoms. The Kier molecular flexibility index (Phi) is 3.79. The van der Waals surface area contributed by atoms with Crippen molar-refractivity contribution in [1.29, 1.82) is 0 Å². The summed E-state index contributed by atoms with van der Waals surface area (Å²) < 4.78 is 4.19. The number of carbonyl (C=O) groups is 1. The topological polar surface area (TPSA) is 72.5 Å². The van der Waals surface area contributed by atoms with E-state index in [9.17, 15) is 4.79 Å². The summed E-state index contributed by atoms with van der Waals surface area (Å²) in [4.78, 5) is 9.72. The van der Waals surface area contributed by atoms with E-state index in [-0.39, 0.29) is 12.6 Å². The van der Waals surface area contributed by atoms with E-state index in [2.05, 4.69) is 4.74 Å². The van der Waals surface area contributed by atoms with Gasteiger partial charge in [0.25, 0.3) is 0 Å². The van der Waals surface area contributed by atoms with Crippen molar-refractivity contribution >= 4 is 6.16 Å². The predicted octanol–water partition coefficient (Wildman–Crippen LogP) is 0.418. The fraction of sp³-hybridized carbons (Fsp3) is 0.800. The smallest absolute Gasteiger partial charge is 0.450 e. The maximum absolute atomic E-state index is 9.72. The maximum atomic E-state index is 9.72. The van der Waals surface area contributed by atoms with E-state index in [1.807, 2.05) is 0 Å². The highest BCUT2D eigenvalue weighted by atomic mass is 16.7. The molecule has 0 bridgehead atoms. The highest BCUT2D eigenvalue weighted by Crippen LogP contribution is 1.86. The largest absolute Gasteiger partial charge is 0.505 e. The molecule has 0 spiro atoms. The standard InChI is InChI=1S/C5H11NO3/c1-4(6)2-3-9-5(7)8/h4H,2-3,6H2,1H3,(H,7,8). The molecule has 0 aromatic heterocycles.